The Morgan fingerprint density at radius 3 is 2.65 bits per heavy atom. The quantitative estimate of drug-likeness (QED) is 0.0971. The van der Waals surface area contributed by atoms with Crippen molar-refractivity contribution >= 4 is 57.9 Å². The Morgan fingerprint density at radius 1 is 1.09 bits per heavy atom. The summed E-state index contributed by atoms with van der Waals surface area (Å²) in [6, 6.07) is 22.2. The number of esters is 1. The molecule has 0 bridgehead atoms. The first-order chi connectivity index (χ1) is 20.9. The number of benzene rings is 3. The minimum Gasteiger partial charge on any atom is -0.483 e. The lowest BCUT2D eigenvalue weighted by atomic mass is 9.95. The number of hydrogen-bond acceptors (Lipinski definition) is 6. The number of thiocarbonyl (C=S) groups is 1. The van der Waals surface area contributed by atoms with Gasteiger partial charge in [-0.05, 0) is 49.8 Å². The summed E-state index contributed by atoms with van der Waals surface area (Å²) in [5.41, 5.74) is 7.01. The molecule has 4 aromatic rings. The molecule has 11 heteroatoms. The fourth-order valence-electron chi connectivity index (χ4n) is 4.93. The average Bonchev–Trinajstić information content (AvgIpc) is 3.34. The fraction of sp³-hybridized carbons (Fsp3) is 0.188. The molecule has 220 valence electrons. The summed E-state index contributed by atoms with van der Waals surface area (Å²) in [7, 11) is 0. The lowest BCUT2D eigenvalue weighted by molar-refractivity contribution is -0.139. The zero-order valence-corrected chi connectivity index (χ0v) is 25.2. The maximum atomic E-state index is 12.8. The highest BCUT2D eigenvalue weighted by atomic mass is 35.5. The van der Waals surface area contributed by atoms with Crippen LogP contribution in [0.15, 0.2) is 95.4 Å². The van der Waals surface area contributed by atoms with E-state index in [1.807, 2.05) is 66.9 Å². The predicted octanol–water partition coefficient (Wildman–Crippen LogP) is 5.23. The maximum absolute atomic E-state index is 12.8. The first-order valence-electron chi connectivity index (χ1n) is 13.7. The van der Waals surface area contributed by atoms with Crippen LogP contribution in [0.3, 0.4) is 0 Å². The highest BCUT2D eigenvalue weighted by Crippen LogP contribution is 2.33. The zero-order chi connectivity index (χ0) is 30.3. The molecule has 3 N–H and O–H groups in total. The van der Waals surface area contributed by atoms with E-state index in [-0.39, 0.29) is 13.2 Å². The number of ether oxygens (including phenoxy) is 2. The summed E-state index contributed by atoms with van der Waals surface area (Å²) in [6.07, 6.45) is 3.58. The maximum Gasteiger partial charge on any atom is 0.338 e. The standard InChI is InChI=1S/C32H30ClN5O4S/c1-3-41-31(40)29-20(2)35-32(43)36-30(29)24-12-6-9-15-27(24)42-19-28(39)37-34-16-22-18-38(26-14-8-5-11-23(22)26)17-21-10-4-7-13-25(21)33/h4-16,18,30H,3,17,19H2,1-2H3,(H,37,39)(H2,35,36,43)/t30-/m0/s1. The highest BCUT2D eigenvalue weighted by Gasteiger charge is 2.32. The summed E-state index contributed by atoms with van der Waals surface area (Å²) in [5.74, 6) is -0.499. The van der Waals surface area contributed by atoms with E-state index >= 15 is 0 Å². The summed E-state index contributed by atoms with van der Waals surface area (Å²) < 4.78 is 13.3. The largest absolute Gasteiger partial charge is 0.483 e. The molecule has 9 nitrogen and oxygen atoms in total. The van der Waals surface area contributed by atoms with E-state index < -0.39 is 17.9 Å². The number of hydrazone groups is 1. The Balaban J connectivity index is 1.28. The van der Waals surface area contributed by atoms with Crippen molar-refractivity contribution in [3.63, 3.8) is 0 Å². The third-order valence-corrected chi connectivity index (χ3v) is 7.45. The van der Waals surface area contributed by atoms with Crippen molar-refractivity contribution < 1.29 is 19.1 Å². The van der Waals surface area contributed by atoms with E-state index in [9.17, 15) is 9.59 Å². The molecule has 0 saturated heterocycles. The van der Waals surface area contributed by atoms with Gasteiger partial charge in [0.05, 0.1) is 24.4 Å². The number of nitrogens with one attached hydrogen (secondary N) is 3. The van der Waals surface area contributed by atoms with Gasteiger partial charge in [0.2, 0.25) is 0 Å². The van der Waals surface area contributed by atoms with Crippen LogP contribution in [0.5, 0.6) is 5.75 Å². The predicted molar refractivity (Wildman–Crippen MR) is 171 cm³/mol. The van der Waals surface area contributed by atoms with Gasteiger partial charge in [-0.2, -0.15) is 5.10 Å². The van der Waals surface area contributed by atoms with Gasteiger partial charge in [0, 0.05) is 45.5 Å². The molecule has 0 radical (unpaired) electrons. The molecule has 1 aliphatic rings. The number of aromatic nitrogens is 1. The van der Waals surface area contributed by atoms with E-state index in [4.69, 9.17) is 33.3 Å². The first kappa shape index (κ1) is 29.8. The molecule has 1 aromatic heterocycles. The zero-order valence-electron chi connectivity index (χ0n) is 23.6. The smallest absolute Gasteiger partial charge is 0.338 e. The van der Waals surface area contributed by atoms with Gasteiger partial charge < -0.3 is 24.7 Å². The average molecular weight is 616 g/mol. The monoisotopic (exact) mass is 615 g/mol. The van der Waals surface area contributed by atoms with Crippen LogP contribution in [0.25, 0.3) is 10.9 Å². The molecule has 0 fully saturated rings. The second-order valence-corrected chi connectivity index (χ2v) is 10.5. The molecular weight excluding hydrogens is 586 g/mol. The number of allylic oxidation sites excluding steroid dienone is 1. The van der Waals surface area contributed by atoms with Crippen LogP contribution in [-0.2, 0) is 20.9 Å². The second-order valence-electron chi connectivity index (χ2n) is 9.73. The lowest BCUT2D eigenvalue weighted by Crippen LogP contribution is -2.45. The molecular formula is C32H30ClN5O4S. The normalized spacial score (nSPS) is 14.9. The molecule has 0 unspecified atom stereocenters. The van der Waals surface area contributed by atoms with Crippen molar-refractivity contribution in [1.82, 2.24) is 20.6 Å². The van der Waals surface area contributed by atoms with Crippen LogP contribution >= 0.6 is 23.8 Å². The summed E-state index contributed by atoms with van der Waals surface area (Å²) in [5, 5.41) is 12.3. The summed E-state index contributed by atoms with van der Waals surface area (Å²) in [6.45, 7) is 4.03. The Hall–Kier alpha value is -4.67. The van der Waals surface area contributed by atoms with E-state index in [0.29, 0.717) is 39.3 Å². The van der Waals surface area contributed by atoms with Crippen LogP contribution in [0, 0.1) is 0 Å². The van der Waals surface area contributed by atoms with E-state index in [2.05, 4.69) is 25.7 Å². The molecule has 43 heavy (non-hydrogen) atoms. The van der Waals surface area contributed by atoms with Gasteiger partial charge in [-0.15, -0.1) is 0 Å². The Bertz CT molecular complexity index is 1750. The first-order valence-corrected chi connectivity index (χ1v) is 14.4. The second kappa shape index (κ2) is 13.5. The van der Waals surface area contributed by atoms with Gasteiger partial charge in [-0.25, -0.2) is 10.2 Å². The molecule has 2 heterocycles. The molecule has 3 aromatic carbocycles. The number of halogens is 1. The number of carbonyl (C=O) groups excluding carboxylic acids is 2. The number of fused-ring (bicyclic) bond motifs is 1. The van der Waals surface area contributed by atoms with Crippen LogP contribution in [0.2, 0.25) is 5.02 Å². The molecule has 5 rings (SSSR count). The van der Waals surface area contributed by atoms with Gasteiger partial charge in [0.15, 0.2) is 11.7 Å². The van der Waals surface area contributed by atoms with E-state index in [1.165, 1.54) is 0 Å². The van der Waals surface area contributed by atoms with Crippen LogP contribution in [0.4, 0.5) is 0 Å². The molecule has 1 amide bonds. The third kappa shape index (κ3) is 6.87. The Kier molecular flexibility index (Phi) is 9.38. The minimum atomic E-state index is -0.617. The van der Waals surface area contributed by atoms with E-state index in [1.54, 1.807) is 32.2 Å². The molecule has 1 atom stereocenters. The number of rotatable bonds is 10. The van der Waals surface area contributed by atoms with Gasteiger partial charge in [0.1, 0.15) is 5.75 Å². The summed E-state index contributed by atoms with van der Waals surface area (Å²) >= 11 is 11.7. The number of para-hydroxylation sites is 2. The highest BCUT2D eigenvalue weighted by molar-refractivity contribution is 7.80. The van der Waals surface area contributed by atoms with Crippen molar-refractivity contribution in [3.05, 3.63) is 112 Å². The van der Waals surface area contributed by atoms with Gasteiger partial charge in [-0.1, -0.05) is 66.2 Å². The minimum absolute atomic E-state index is 0.230. The third-order valence-electron chi connectivity index (χ3n) is 6.86. The SMILES string of the molecule is CCOC(=O)C1=C(C)NC(=S)N[C@H]1c1ccccc1OCC(=O)NN=Cc1cn(Cc2ccccc2Cl)c2ccccc12. The number of carbonyl (C=O) groups is 2. The van der Waals surface area contributed by atoms with Crippen molar-refractivity contribution in [1.29, 1.82) is 0 Å². The van der Waals surface area contributed by atoms with Crippen molar-refractivity contribution in [2.75, 3.05) is 13.2 Å². The summed E-state index contributed by atoms with van der Waals surface area (Å²) in [4.78, 5) is 25.5. The number of nitrogens with zero attached hydrogens (tertiary/aromatic N) is 2. The van der Waals surface area contributed by atoms with Gasteiger partial charge in [0.25, 0.3) is 5.91 Å². The Labute approximate surface area is 259 Å². The Morgan fingerprint density at radius 2 is 1.84 bits per heavy atom. The van der Waals surface area contributed by atoms with Crippen LogP contribution < -0.4 is 20.8 Å². The topological polar surface area (TPSA) is 106 Å². The molecule has 0 saturated carbocycles. The molecule has 0 aliphatic carbocycles. The van der Waals surface area contributed by atoms with Crippen molar-refractivity contribution in [2.45, 2.75) is 26.4 Å². The lowest BCUT2D eigenvalue weighted by Gasteiger charge is -2.30. The molecule has 0 spiro atoms. The number of hydrogen-bond donors (Lipinski definition) is 3. The number of amides is 1. The van der Waals surface area contributed by atoms with Crippen molar-refractivity contribution in [2.24, 2.45) is 5.10 Å². The van der Waals surface area contributed by atoms with E-state index in [0.717, 1.165) is 22.0 Å². The molecule has 1 aliphatic heterocycles. The van der Waals surface area contributed by atoms with Crippen LogP contribution in [0.1, 0.15) is 36.6 Å². The van der Waals surface area contributed by atoms with Gasteiger partial charge in [-0.3, -0.25) is 4.79 Å². The van der Waals surface area contributed by atoms with Gasteiger partial charge >= 0.3 is 5.97 Å². The van der Waals surface area contributed by atoms with Crippen molar-refractivity contribution in [3.8, 4) is 5.75 Å². The fourth-order valence-corrected chi connectivity index (χ4v) is 5.39. The van der Waals surface area contributed by atoms with Crippen LogP contribution in [-0.4, -0.2) is 41.0 Å².